The minimum absolute atomic E-state index is 0.143. The Bertz CT molecular complexity index is 3400. The van der Waals surface area contributed by atoms with Crippen LogP contribution in [0.25, 0.3) is 93.9 Å². The molecule has 4 heteroatoms. The van der Waals surface area contributed by atoms with E-state index in [4.69, 9.17) is 9.97 Å². The van der Waals surface area contributed by atoms with Crippen molar-refractivity contribution in [1.29, 1.82) is 0 Å². The molecule has 0 aliphatic carbocycles. The van der Waals surface area contributed by atoms with Gasteiger partial charge >= 0.3 is 0 Å². The summed E-state index contributed by atoms with van der Waals surface area (Å²) >= 11 is 0. The molecule has 4 nitrogen and oxygen atoms in total. The Morgan fingerprint density at radius 2 is 1.03 bits per heavy atom. The first kappa shape index (κ1) is 41.0. The van der Waals surface area contributed by atoms with Gasteiger partial charge in [0.1, 0.15) is 11.6 Å². The maximum Gasteiger partial charge on any atom is 0.149 e. The molecule has 0 aliphatic rings. The van der Waals surface area contributed by atoms with E-state index in [-0.39, 0.29) is 22.0 Å². The first-order chi connectivity index (χ1) is 30.6. The number of benzene rings is 8. The minimum atomic E-state index is -0.327. The normalized spacial score (nSPS) is 12.5. The van der Waals surface area contributed by atoms with Gasteiger partial charge in [-0.3, -0.25) is 9.55 Å². The zero-order valence-corrected chi connectivity index (χ0v) is 38.4. The highest BCUT2D eigenvalue weighted by molar-refractivity contribution is 6.27. The Hall–Kier alpha value is -7.04. The Morgan fingerprint density at radius 3 is 1.69 bits per heavy atom. The van der Waals surface area contributed by atoms with E-state index in [0.717, 1.165) is 66.7 Å². The van der Waals surface area contributed by atoms with Crippen LogP contribution in [0.4, 0.5) is 0 Å². The van der Waals surface area contributed by atoms with Gasteiger partial charge in [0.25, 0.3) is 0 Å². The summed E-state index contributed by atoms with van der Waals surface area (Å²) < 4.78 is 2.32. The van der Waals surface area contributed by atoms with Crippen molar-refractivity contribution >= 4 is 43.4 Å². The molecule has 0 amide bonds. The van der Waals surface area contributed by atoms with Crippen LogP contribution in [0.5, 0.6) is 5.75 Å². The molecule has 1 N–H and O–H groups in total. The summed E-state index contributed by atoms with van der Waals surface area (Å²) in [4.78, 5) is 10.7. The molecule has 2 heterocycles. The van der Waals surface area contributed by atoms with E-state index in [0.29, 0.717) is 11.4 Å². The standard InChI is InChI=1S/C60H55N3O/c1-58(2,3)41-32-39(31-40(33-41)51-34-38(29-30-61-51)37-19-11-10-12-20-37)43-25-17-28-53-55(43)62-57(49-35-42(59(4,5)6)36-50(56(49)64)60(7,8)9)63(53)52-27-18-26-48-46-22-14-13-21-44(46)45-23-15-16-24-47(45)54(48)52/h10-36,64H,1-9H3. The Labute approximate surface area is 376 Å². The molecule has 8 aromatic carbocycles. The molecule has 10 rings (SSSR count). The second-order valence-electron chi connectivity index (χ2n) is 20.5. The van der Waals surface area contributed by atoms with Crippen LogP contribution in [0.1, 0.15) is 79.0 Å². The van der Waals surface area contributed by atoms with Crippen molar-refractivity contribution in [2.45, 2.75) is 78.6 Å². The number of aromatic hydroxyl groups is 1. The van der Waals surface area contributed by atoms with Gasteiger partial charge in [-0.05, 0) is 113 Å². The lowest BCUT2D eigenvalue weighted by Gasteiger charge is -2.27. The summed E-state index contributed by atoms with van der Waals surface area (Å²) in [5.41, 5.74) is 12.5. The molecule has 316 valence electrons. The molecular formula is C60H55N3O. The van der Waals surface area contributed by atoms with Gasteiger partial charge in [-0.15, -0.1) is 0 Å². The predicted molar refractivity (Wildman–Crippen MR) is 271 cm³/mol. The van der Waals surface area contributed by atoms with Gasteiger partial charge in [0.15, 0.2) is 0 Å². The quantitative estimate of drug-likeness (QED) is 0.176. The molecule has 0 saturated carbocycles. The molecule has 0 atom stereocenters. The summed E-state index contributed by atoms with van der Waals surface area (Å²) in [6, 6.07) is 56.6. The summed E-state index contributed by atoms with van der Waals surface area (Å²) in [5, 5.41) is 19.7. The monoisotopic (exact) mass is 833 g/mol. The molecule has 0 unspecified atom stereocenters. The SMILES string of the molecule is CC(C)(C)c1cc(-c2cc(-c3ccccc3)ccn2)cc(-c2cccc3c2nc(-c2cc(C(C)(C)C)cc(C(C)(C)C)c2O)n3-c2cccc3c4ccccc4c4ccccc4c23)c1. The number of imidazole rings is 1. The fraction of sp³-hybridized carbons (Fsp3) is 0.200. The van der Waals surface area contributed by atoms with Crippen molar-refractivity contribution in [1.82, 2.24) is 14.5 Å². The fourth-order valence-electron chi connectivity index (χ4n) is 9.45. The lowest BCUT2D eigenvalue weighted by molar-refractivity contribution is 0.446. The lowest BCUT2D eigenvalue weighted by atomic mass is 9.79. The van der Waals surface area contributed by atoms with Gasteiger partial charge in [0.05, 0.1) is 28.0 Å². The first-order valence-corrected chi connectivity index (χ1v) is 22.5. The van der Waals surface area contributed by atoms with Crippen molar-refractivity contribution in [2.75, 3.05) is 0 Å². The van der Waals surface area contributed by atoms with Crippen molar-refractivity contribution in [3.8, 4) is 56.3 Å². The zero-order valence-electron chi connectivity index (χ0n) is 38.4. The van der Waals surface area contributed by atoms with E-state index in [2.05, 4.69) is 225 Å². The Kier molecular flexibility index (Phi) is 9.64. The third-order valence-corrected chi connectivity index (χ3v) is 13.0. The van der Waals surface area contributed by atoms with Gasteiger partial charge in [0.2, 0.25) is 0 Å². The third kappa shape index (κ3) is 7.02. The number of nitrogens with zero attached hydrogens (tertiary/aromatic N) is 3. The highest BCUT2D eigenvalue weighted by atomic mass is 16.3. The van der Waals surface area contributed by atoms with Crippen LogP contribution in [0.2, 0.25) is 0 Å². The predicted octanol–water partition coefficient (Wildman–Crippen LogP) is 16.1. The summed E-state index contributed by atoms with van der Waals surface area (Å²) in [6.07, 6.45) is 1.91. The molecule has 10 aromatic rings. The number of hydrogen-bond donors (Lipinski definition) is 1. The summed E-state index contributed by atoms with van der Waals surface area (Å²) in [7, 11) is 0. The van der Waals surface area contributed by atoms with E-state index in [9.17, 15) is 5.11 Å². The molecule has 0 bridgehead atoms. The number of phenolic OH excluding ortho intramolecular Hbond substituents is 1. The number of rotatable bonds is 5. The molecular weight excluding hydrogens is 779 g/mol. The Balaban J connectivity index is 1.32. The van der Waals surface area contributed by atoms with Crippen molar-refractivity contribution < 1.29 is 5.11 Å². The van der Waals surface area contributed by atoms with Gasteiger partial charge in [-0.1, -0.05) is 178 Å². The van der Waals surface area contributed by atoms with E-state index in [1.807, 2.05) is 6.20 Å². The number of hydrogen-bond acceptors (Lipinski definition) is 3. The van der Waals surface area contributed by atoms with E-state index >= 15 is 0 Å². The van der Waals surface area contributed by atoms with Crippen LogP contribution in [-0.4, -0.2) is 19.6 Å². The van der Waals surface area contributed by atoms with Crippen LogP contribution >= 0.6 is 0 Å². The smallest absolute Gasteiger partial charge is 0.149 e. The van der Waals surface area contributed by atoms with E-state index in [1.165, 1.54) is 32.5 Å². The number of para-hydroxylation sites is 1. The van der Waals surface area contributed by atoms with E-state index < -0.39 is 0 Å². The molecule has 0 fully saturated rings. The minimum Gasteiger partial charge on any atom is -0.507 e. The molecule has 0 saturated heterocycles. The van der Waals surface area contributed by atoms with Crippen LogP contribution < -0.4 is 0 Å². The molecule has 0 spiro atoms. The van der Waals surface area contributed by atoms with Crippen LogP contribution in [0.3, 0.4) is 0 Å². The summed E-state index contributed by atoms with van der Waals surface area (Å²) in [6.45, 7) is 20.0. The lowest BCUT2D eigenvalue weighted by Crippen LogP contribution is -2.17. The number of fused-ring (bicyclic) bond motifs is 7. The highest BCUT2D eigenvalue weighted by Crippen LogP contribution is 2.47. The topological polar surface area (TPSA) is 50.9 Å². The largest absolute Gasteiger partial charge is 0.507 e. The molecule has 64 heavy (non-hydrogen) atoms. The van der Waals surface area contributed by atoms with Crippen LogP contribution in [0.15, 0.2) is 164 Å². The average Bonchev–Trinajstić information content (AvgIpc) is 3.67. The van der Waals surface area contributed by atoms with Crippen molar-refractivity contribution in [3.05, 3.63) is 181 Å². The number of pyridine rings is 1. The van der Waals surface area contributed by atoms with Gasteiger partial charge in [-0.2, -0.15) is 0 Å². The van der Waals surface area contributed by atoms with Crippen LogP contribution in [0, 0.1) is 0 Å². The Morgan fingerprint density at radius 1 is 0.453 bits per heavy atom. The van der Waals surface area contributed by atoms with Gasteiger partial charge in [0, 0.05) is 28.3 Å². The second-order valence-corrected chi connectivity index (χ2v) is 20.5. The number of aromatic nitrogens is 3. The first-order valence-electron chi connectivity index (χ1n) is 22.5. The maximum atomic E-state index is 12.6. The molecule has 0 aliphatic heterocycles. The zero-order chi connectivity index (χ0) is 44.7. The third-order valence-electron chi connectivity index (χ3n) is 13.0. The molecule has 2 aromatic heterocycles. The van der Waals surface area contributed by atoms with Crippen molar-refractivity contribution in [2.24, 2.45) is 0 Å². The summed E-state index contributed by atoms with van der Waals surface area (Å²) in [5.74, 6) is 0.959. The van der Waals surface area contributed by atoms with Gasteiger partial charge in [-0.25, -0.2) is 4.98 Å². The maximum absolute atomic E-state index is 12.6. The van der Waals surface area contributed by atoms with Crippen LogP contribution in [-0.2, 0) is 16.2 Å². The van der Waals surface area contributed by atoms with Gasteiger partial charge < -0.3 is 5.11 Å². The number of phenols is 1. The average molecular weight is 834 g/mol. The van der Waals surface area contributed by atoms with E-state index in [1.54, 1.807) is 0 Å². The highest BCUT2D eigenvalue weighted by Gasteiger charge is 2.30. The fourth-order valence-corrected chi connectivity index (χ4v) is 9.45. The van der Waals surface area contributed by atoms with Crippen molar-refractivity contribution in [3.63, 3.8) is 0 Å². The molecule has 0 radical (unpaired) electrons. The second kappa shape index (κ2) is 15.1.